The average Bonchev–Trinajstić information content (AvgIpc) is 3.08. The molecule has 0 atom stereocenters. The maximum absolute atomic E-state index is 13.0. The number of anilines is 1. The molecule has 2 aromatic rings. The summed E-state index contributed by atoms with van der Waals surface area (Å²) in [4.78, 5) is 16.4. The van der Waals surface area contributed by atoms with Crippen LogP contribution in [0.15, 0.2) is 58.4 Å². The number of sulfonamides is 1. The second-order valence-corrected chi connectivity index (χ2v) is 7.86. The molecule has 1 amide bonds. The Bertz CT molecular complexity index is 928. The lowest BCUT2D eigenvalue weighted by molar-refractivity contribution is 0.0979. The normalized spacial score (nSPS) is 14.0. The summed E-state index contributed by atoms with van der Waals surface area (Å²) in [5.41, 5.74) is 0.302. The molecule has 1 heterocycles. The van der Waals surface area contributed by atoms with Crippen molar-refractivity contribution in [3.05, 3.63) is 59.9 Å². The third-order valence-corrected chi connectivity index (χ3v) is 5.62. The fourth-order valence-electron chi connectivity index (χ4n) is 2.16. The zero-order chi connectivity index (χ0) is 17.9. The number of nitrogens with zero attached hydrogens (tertiary/aromatic N) is 1. The summed E-state index contributed by atoms with van der Waals surface area (Å²) in [7, 11) is -3.95. The van der Waals surface area contributed by atoms with Gasteiger partial charge >= 0.3 is 0 Å². The predicted molar refractivity (Wildman–Crippen MR) is 95.9 cm³/mol. The Morgan fingerprint density at radius 2 is 1.84 bits per heavy atom. The van der Waals surface area contributed by atoms with E-state index in [-0.39, 0.29) is 16.1 Å². The predicted octanol–water partition coefficient (Wildman–Crippen LogP) is 2.46. The number of carbonyl (C=O) groups is 1. The van der Waals surface area contributed by atoms with Crippen molar-refractivity contribution in [1.82, 2.24) is 5.32 Å². The standard InChI is InChI=1S/C16H14FN3O3S2/c17-11-5-7-12(8-6-11)25(22,23)20-14-4-2-1-3-13(14)15(21)19-16-18-9-10-24-16/h1-8,20H,9-10H2,(H,18,19,21). The molecular formula is C16H14FN3O3S2. The number of thioether (sulfide) groups is 1. The fraction of sp³-hybridized carbons (Fsp3) is 0.125. The molecule has 0 spiro atoms. The monoisotopic (exact) mass is 379 g/mol. The van der Waals surface area contributed by atoms with Gasteiger partial charge in [0.05, 0.1) is 22.7 Å². The number of amides is 1. The van der Waals surface area contributed by atoms with Crippen LogP contribution in [0.25, 0.3) is 0 Å². The van der Waals surface area contributed by atoms with Crippen LogP contribution in [-0.2, 0) is 10.0 Å². The molecule has 9 heteroatoms. The minimum atomic E-state index is -3.95. The molecule has 0 aromatic heterocycles. The topological polar surface area (TPSA) is 87.6 Å². The number of benzene rings is 2. The minimum Gasteiger partial charge on any atom is -0.301 e. The smallest absolute Gasteiger partial charge is 0.261 e. The maximum Gasteiger partial charge on any atom is 0.261 e. The number of halogens is 1. The molecular weight excluding hydrogens is 365 g/mol. The highest BCUT2D eigenvalue weighted by molar-refractivity contribution is 8.14. The lowest BCUT2D eigenvalue weighted by Gasteiger charge is -2.12. The van der Waals surface area contributed by atoms with Crippen molar-refractivity contribution in [3.63, 3.8) is 0 Å². The van der Waals surface area contributed by atoms with Crippen LogP contribution in [0, 0.1) is 5.82 Å². The van der Waals surface area contributed by atoms with Crippen molar-refractivity contribution in [1.29, 1.82) is 0 Å². The van der Waals surface area contributed by atoms with Crippen LogP contribution in [0.1, 0.15) is 10.4 Å². The zero-order valence-corrected chi connectivity index (χ0v) is 14.5. The van der Waals surface area contributed by atoms with Gasteiger partial charge in [-0.05, 0) is 36.4 Å². The van der Waals surface area contributed by atoms with Crippen molar-refractivity contribution >= 4 is 38.5 Å². The van der Waals surface area contributed by atoms with Gasteiger partial charge in [0.15, 0.2) is 5.17 Å². The van der Waals surface area contributed by atoms with Crippen LogP contribution in [0.4, 0.5) is 10.1 Å². The van der Waals surface area contributed by atoms with Crippen LogP contribution >= 0.6 is 11.8 Å². The molecule has 0 unspecified atom stereocenters. The molecule has 3 rings (SSSR count). The molecule has 0 saturated carbocycles. The molecule has 1 aliphatic heterocycles. The van der Waals surface area contributed by atoms with Gasteiger partial charge < -0.3 is 5.32 Å². The second kappa shape index (κ2) is 7.24. The summed E-state index contributed by atoms with van der Waals surface area (Å²) in [6.45, 7) is 0.638. The van der Waals surface area contributed by atoms with E-state index in [1.807, 2.05) is 0 Å². The van der Waals surface area contributed by atoms with E-state index >= 15 is 0 Å². The first kappa shape index (κ1) is 17.4. The van der Waals surface area contributed by atoms with E-state index in [2.05, 4.69) is 15.0 Å². The van der Waals surface area contributed by atoms with Gasteiger partial charge in [0, 0.05) is 5.75 Å². The largest absolute Gasteiger partial charge is 0.301 e. The van der Waals surface area contributed by atoms with E-state index in [0.29, 0.717) is 11.7 Å². The Labute approximate surface area is 148 Å². The number of hydrogen-bond donors (Lipinski definition) is 2. The summed E-state index contributed by atoms with van der Waals surface area (Å²) in [5.74, 6) is -0.187. The molecule has 1 aliphatic rings. The lowest BCUT2D eigenvalue weighted by Crippen LogP contribution is -2.28. The first-order valence-electron chi connectivity index (χ1n) is 7.32. The van der Waals surface area contributed by atoms with Crippen molar-refractivity contribution in [3.8, 4) is 0 Å². The summed E-state index contributed by atoms with van der Waals surface area (Å²) in [5, 5.41) is 3.17. The number of aliphatic imine (C=N–C) groups is 1. The number of amidine groups is 1. The number of rotatable bonds is 4. The van der Waals surface area contributed by atoms with Crippen LogP contribution in [0.2, 0.25) is 0 Å². The Morgan fingerprint density at radius 1 is 1.12 bits per heavy atom. The van der Waals surface area contributed by atoms with Gasteiger partial charge in [0.25, 0.3) is 15.9 Å². The Kier molecular flexibility index (Phi) is 5.05. The SMILES string of the molecule is O=C(NC1=NCCS1)c1ccccc1NS(=O)(=O)c1ccc(F)cc1. The third-order valence-electron chi connectivity index (χ3n) is 3.35. The van der Waals surface area contributed by atoms with E-state index in [1.165, 1.54) is 23.9 Å². The molecule has 25 heavy (non-hydrogen) atoms. The first-order chi connectivity index (χ1) is 12.0. The van der Waals surface area contributed by atoms with E-state index in [4.69, 9.17) is 0 Å². The summed E-state index contributed by atoms with van der Waals surface area (Å²) >= 11 is 1.43. The highest BCUT2D eigenvalue weighted by Crippen LogP contribution is 2.21. The van der Waals surface area contributed by atoms with Crippen molar-refractivity contribution in [2.24, 2.45) is 4.99 Å². The van der Waals surface area contributed by atoms with Gasteiger partial charge in [0.2, 0.25) is 0 Å². The molecule has 6 nitrogen and oxygen atoms in total. The lowest BCUT2D eigenvalue weighted by atomic mass is 10.2. The fourth-order valence-corrected chi connectivity index (χ4v) is 3.97. The zero-order valence-electron chi connectivity index (χ0n) is 12.9. The molecule has 0 saturated heterocycles. The van der Waals surface area contributed by atoms with E-state index in [0.717, 1.165) is 30.0 Å². The van der Waals surface area contributed by atoms with E-state index in [9.17, 15) is 17.6 Å². The van der Waals surface area contributed by atoms with E-state index < -0.39 is 21.7 Å². The van der Waals surface area contributed by atoms with Crippen LogP contribution in [0.3, 0.4) is 0 Å². The van der Waals surface area contributed by atoms with Gasteiger partial charge in [-0.15, -0.1) is 0 Å². The van der Waals surface area contributed by atoms with Gasteiger partial charge in [-0.25, -0.2) is 12.8 Å². The van der Waals surface area contributed by atoms with Gasteiger partial charge in [-0.3, -0.25) is 14.5 Å². The second-order valence-electron chi connectivity index (χ2n) is 5.09. The van der Waals surface area contributed by atoms with E-state index in [1.54, 1.807) is 12.1 Å². The molecule has 0 fully saturated rings. The van der Waals surface area contributed by atoms with Gasteiger partial charge in [-0.1, -0.05) is 23.9 Å². The molecule has 2 aromatic carbocycles. The average molecular weight is 379 g/mol. The van der Waals surface area contributed by atoms with Crippen molar-refractivity contribution in [2.75, 3.05) is 17.0 Å². The highest BCUT2D eigenvalue weighted by atomic mass is 32.2. The van der Waals surface area contributed by atoms with Crippen LogP contribution in [0.5, 0.6) is 0 Å². The molecule has 0 aliphatic carbocycles. The number of para-hydroxylation sites is 1. The van der Waals surface area contributed by atoms with Crippen LogP contribution < -0.4 is 10.0 Å². The Morgan fingerprint density at radius 3 is 2.52 bits per heavy atom. The van der Waals surface area contributed by atoms with Crippen molar-refractivity contribution in [2.45, 2.75) is 4.90 Å². The first-order valence-corrected chi connectivity index (χ1v) is 9.78. The molecule has 2 N–H and O–H groups in total. The van der Waals surface area contributed by atoms with Crippen molar-refractivity contribution < 1.29 is 17.6 Å². The number of nitrogens with one attached hydrogen (secondary N) is 2. The minimum absolute atomic E-state index is 0.0974. The summed E-state index contributed by atoms with van der Waals surface area (Å²) < 4.78 is 40.2. The molecule has 130 valence electrons. The molecule has 0 bridgehead atoms. The summed E-state index contributed by atoms with van der Waals surface area (Å²) in [6.07, 6.45) is 0. The summed E-state index contributed by atoms with van der Waals surface area (Å²) in [6, 6.07) is 10.7. The maximum atomic E-state index is 13.0. The van der Waals surface area contributed by atoms with Crippen LogP contribution in [-0.4, -0.2) is 31.8 Å². The third kappa shape index (κ3) is 4.18. The molecule has 0 radical (unpaired) electrons. The van der Waals surface area contributed by atoms with Gasteiger partial charge in [0.1, 0.15) is 5.82 Å². The van der Waals surface area contributed by atoms with Gasteiger partial charge in [-0.2, -0.15) is 0 Å². The Balaban J connectivity index is 1.85. The number of hydrogen-bond acceptors (Lipinski definition) is 5. The highest BCUT2D eigenvalue weighted by Gasteiger charge is 2.20. The quantitative estimate of drug-likeness (QED) is 0.854. The Hall–Kier alpha value is -2.39. The number of carbonyl (C=O) groups excluding carboxylic acids is 1.